The third kappa shape index (κ3) is 2.82. The molecule has 5 heteroatoms. The van der Waals surface area contributed by atoms with Crippen molar-refractivity contribution >= 4 is 5.82 Å². The van der Waals surface area contributed by atoms with E-state index in [1.807, 2.05) is 29.1 Å². The Balaban J connectivity index is 1.54. The molecule has 0 spiro atoms. The van der Waals surface area contributed by atoms with Gasteiger partial charge in [-0.05, 0) is 24.6 Å². The van der Waals surface area contributed by atoms with Gasteiger partial charge in [-0.3, -0.25) is 0 Å². The van der Waals surface area contributed by atoms with Gasteiger partial charge in [-0.25, -0.2) is 9.07 Å². The Bertz CT molecular complexity index is 564. The fourth-order valence-electron chi connectivity index (χ4n) is 2.54. The quantitative estimate of drug-likeness (QED) is 0.899. The average molecular weight is 274 g/mol. The maximum atomic E-state index is 12.9. The SMILES string of the molecule is CC(NCC1CNc2ccnn2C1)c1ccc(F)cc1. The number of rotatable bonds is 4. The molecule has 1 aromatic carbocycles. The highest BCUT2D eigenvalue weighted by Gasteiger charge is 2.18. The molecule has 0 bridgehead atoms. The molecule has 106 valence electrons. The summed E-state index contributed by atoms with van der Waals surface area (Å²) in [6.45, 7) is 4.89. The Kier molecular flexibility index (Phi) is 3.69. The molecule has 2 N–H and O–H groups in total. The number of aromatic nitrogens is 2. The van der Waals surface area contributed by atoms with Crippen LogP contribution in [0.25, 0.3) is 0 Å². The second kappa shape index (κ2) is 5.63. The maximum absolute atomic E-state index is 12.9. The zero-order valence-corrected chi connectivity index (χ0v) is 11.5. The van der Waals surface area contributed by atoms with Gasteiger partial charge in [-0.2, -0.15) is 5.10 Å². The molecule has 1 aromatic heterocycles. The van der Waals surface area contributed by atoms with Gasteiger partial charge in [0.2, 0.25) is 0 Å². The van der Waals surface area contributed by atoms with E-state index in [4.69, 9.17) is 0 Å². The van der Waals surface area contributed by atoms with Gasteiger partial charge in [0.1, 0.15) is 11.6 Å². The van der Waals surface area contributed by atoms with Crippen LogP contribution in [0.2, 0.25) is 0 Å². The van der Waals surface area contributed by atoms with Crippen LogP contribution in [0.5, 0.6) is 0 Å². The van der Waals surface area contributed by atoms with Crippen LogP contribution in [-0.4, -0.2) is 22.9 Å². The molecule has 0 amide bonds. The molecule has 4 nitrogen and oxygen atoms in total. The van der Waals surface area contributed by atoms with E-state index in [0.717, 1.165) is 31.0 Å². The van der Waals surface area contributed by atoms with Gasteiger partial charge in [-0.1, -0.05) is 12.1 Å². The number of hydrogen-bond acceptors (Lipinski definition) is 3. The third-order valence-electron chi connectivity index (χ3n) is 3.80. The highest BCUT2D eigenvalue weighted by atomic mass is 19.1. The smallest absolute Gasteiger partial charge is 0.124 e. The van der Waals surface area contributed by atoms with Crippen LogP contribution in [0.4, 0.5) is 10.2 Å². The van der Waals surface area contributed by atoms with Crippen molar-refractivity contribution in [3.63, 3.8) is 0 Å². The van der Waals surface area contributed by atoms with Crippen LogP contribution in [0.15, 0.2) is 36.5 Å². The van der Waals surface area contributed by atoms with Crippen molar-refractivity contribution in [3.05, 3.63) is 47.9 Å². The van der Waals surface area contributed by atoms with E-state index in [1.54, 1.807) is 0 Å². The van der Waals surface area contributed by atoms with Crippen LogP contribution in [0.3, 0.4) is 0 Å². The van der Waals surface area contributed by atoms with Crippen molar-refractivity contribution in [2.45, 2.75) is 19.5 Å². The van der Waals surface area contributed by atoms with E-state index in [0.29, 0.717) is 5.92 Å². The molecule has 0 fully saturated rings. The summed E-state index contributed by atoms with van der Waals surface area (Å²) in [5.41, 5.74) is 1.11. The average Bonchev–Trinajstić information content (AvgIpc) is 2.93. The minimum absolute atomic E-state index is 0.191. The van der Waals surface area contributed by atoms with Gasteiger partial charge in [0, 0.05) is 37.7 Å². The number of fused-ring (bicyclic) bond motifs is 1. The van der Waals surface area contributed by atoms with Crippen molar-refractivity contribution < 1.29 is 4.39 Å². The van der Waals surface area contributed by atoms with Gasteiger partial charge in [0.15, 0.2) is 0 Å². The summed E-state index contributed by atoms with van der Waals surface area (Å²) < 4.78 is 14.9. The van der Waals surface area contributed by atoms with Gasteiger partial charge in [0.25, 0.3) is 0 Å². The van der Waals surface area contributed by atoms with Crippen LogP contribution >= 0.6 is 0 Å². The predicted molar refractivity (Wildman–Crippen MR) is 77.0 cm³/mol. The van der Waals surface area contributed by atoms with E-state index in [9.17, 15) is 4.39 Å². The molecule has 3 rings (SSSR count). The minimum atomic E-state index is -0.191. The first-order chi connectivity index (χ1) is 9.72. The summed E-state index contributed by atoms with van der Waals surface area (Å²) in [7, 11) is 0. The maximum Gasteiger partial charge on any atom is 0.124 e. The number of nitrogens with one attached hydrogen (secondary N) is 2. The molecule has 1 aliphatic heterocycles. The first kappa shape index (κ1) is 13.1. The van der Waals surface area contributed by atoms with Crippen molar-refractivity contribution in [1.82, 2.24) is 15.1 Å². The summed E-state index contributed by atoms with van der Waals surface area (Å²) in [6.07, 6.45) is 1.82. The zero-order valence-electron chi connectivity index (χ0n) is 11.5. The van der Waals surface area contributed by atoms with E-state index >= 15 is 0 Å². The summed E-state index contributed by atoms with van der Waals surface area (Å²) >= 11 is 0. The molecule has 2 atom stereocenters. The molecule has 0 saturated heterocycles. The van der Waals surface area contributed by atoms with Gasteiger partial charge >= 0.3 is 0 Å². The van der Waals surface area contributed by atoms with E-state index < -0.39 is 0 Å². The van der Waals surface area contributed by atoms with E-state index in [2.05, 4.69) is 22.7 Å². The second-order valence-electron chi connectivity index (χ2n) is 5.33. The first-order valence-corrected chi connectivity index (χ1v) is 6.97. The third-order valence-corrected chi connectivity index (χ3v) is 3.80. The van der Waals surface area contributed by atoms with E-state index in [-0.39, 0.29) is 11.9 Å². The van der Waals surface area contributed by atoms with E-state index in [1.165, 1.54) is 12.1 Å². The van der Waals surface area contributed by atoms with Crippen LogP contribution < -0.4 is 10.6 Å². The predicted octanol–water partition coefficient (Wildman–Crippen LogP) is 2.41. The Morgan fingerprint density at radius 3 is 3.00 bits per heavy atom. The topological polar surface area (TPSA) is 41.9 Å². The highest BCUT2D eigenvalue weighted by molar-refractivity contribution is 5.35. The number of halogens is 1. The summed E-state index contributed by atoms with van der Waals surface area (Å²) in [4.78, 5) is 0. The normalized spacial score (nSPS) is 19.2. The van der Waals surface area contributed by atoms with Crippen LogP contribution in [0, 0.1) is 11.7 Å². The summed E-state index contributed by atoms with van der Waals surface area (Å²) in [5, 5.41) is 11.2. The largest absolute Gasteiger partial charge is 0.370 e. The molecule has 2 unspecified atom stereocenters. The lowest BCUT2D eigenvalue weighted by Crippen LogP contribution is -2.36. The van der Waals surface area contributed by atoms with Crippen molar-refractivity contribution in [2.75, 3.05) is 18.4 Å². The fraction of sp³-hybridized carbons (Fsp3) is 0.400. The zero-order chi connectivity index (χ0) is 13.9. The number of benzene rings is 1. The highest BCUT2D eigenvalue weighted by Crippen LogP contribution is 2.17. The lowest BCUT2D eigenvalue weighted by atomic mass is 10.1. The Morgan fingerprint density at radius 2 is 2.20 bits per heavy atom. The molecule has 2 heterocycles. The monoisotopic (exact) mass is 274 g/mol. The number of nitrogens with zero attached hydrogens (tertiary/aromatic N) is 2. The first-order valence-electron chi connectivity index (χ1n) is 6.97. The molecule has 0 radical (unpaired) electrons. The van der Waals surface area contributed by atoms with Crippen LogP contribution in [-0.2, 0) is 6.54 Å². The minimum Gasteiger partial charge on any atom is -0.370 e. The lowest BCUT2D eigenvalue weighted by molar-refractivity contribution is 0.376. The standard InChI is InChI=1S/C15H19FN4/c1-11(13-2-4-14(16)5-3-13)17-8-12-9-18-15-6-7-19-20(15)10-12/h2-7,11-12,17-18H,8-10H2,1H3. The molecule has 0 aliphatic carbocycles. The Morgan fingerprint density at radius 1 is 1.40 bits per heavy atom. The van der Waals surface area contributed by atoms with Crippen LogP contribution in [0.1, 0.15) is 18.5 Å². The van der Waals surface area contributed by atoms with Gasteiger partial charge < -0.3 is 10.6 Å². The van der Waals surface area contributed by atoms with Crippen molar-refractivity contribution in [3.8, 4) is 0 Å². The molecule has 20 heavy (non-hydrogen) atoms. The molecule has 0 saturated carbocycles. The number of hydrogen-bond donors (Lipinski definition) is 2. The lowest BCUT2D eigenvalue weighted by Gasteiger charge is -2.26. The van der Waals surface area contributed by atoms with Crippen molar-refractivity contribution in [2.24, 2.45) is 5.92 Å². The molecular formula is C15H19FN4. The fourth-order valence-corrected chi connectivity index (χ4v) is 2.54. The summed E-state index contributed by atoms with van der Waals surface area (Å²) in [6, 6.07) is 8.88. The summed E-state index contributed by atoms with van der Waals surface area (Å²) in [5.74, 6) is 1.40. The molecule has 1 aliphatic rings. The Labute approximate surface area is 118 Å². The number of anilines is 1. The molecular weight excluding hydrogens is 255 g/mol. The van der Waals surface area contributed by atoms with Gasteiger partial charge in [-0.15, -0.1) is 0 Å². The second-order valence-corrected chi connectivity index (χ2v) is 5.33. The molecule has 2 aromatic rings. The van der Waals surface area contributed by atoms with Crippen molar-refractivity contribution in [1.29, 1.82) is 0 Å². The Hall–Kier alpha value is -1.88. The van der Waals surface area contributed by atoms with Gasteiger partial charge in [0.05, 0.1) is 6.20 Å².